The molecule has 0 unspecified atom stereocenters. The van der Waals surface area contributed by atoms with Crippen molar-refractivity contribution in [3.63, 3.8) is 0 Å². The Morgan fingerprint density at radius 1 is 1.28 bits per heavy atom. The number of nitrogens with one attached hydrogen (secondary N) is 1. The van der Waals surface area contributed by atoms with Gasteiger partial charge < -0.3 is 14.7 Å². The highest BCUT2D eigenvalue weighted by molar-refractivity contribution is 7.91. The number of imide groups is 1. The highest BCUT2D eigenvalue weighted by Crippen LogP contribution is 2.50. The number of hydrogen-bond donors (Lipinski definition) is 2. The first kappa shape index (κ1) is 24.3. The zero-order chi connectivity index (χ0) is 23.6. The van der Waals surface area contributed by atoms with Crippen LogP contribution in [0.25, 0.3) is 0 Å². The lowest BCUT2D eigenvalue weighted by atomic mass is 9.98. The molecule has 1 aromatic rings. The van der Waals surface area contributed by atoms with Crippen LogP contribution in [0.2, 0.25) is 0 Å². The molecule has 2 aliphatic rings. The summed E-state index contributed by atoms with van der Waals surface area (Å²) < 4.78 is 31.2. The van der Waals surface area contributed by atoms with Gasteiger partial charge in [-0.25, -0.2) is 13.2 Å². The van der Waals surface area contributed by atoms with Crippen molar-refractivity contribution in [2.45, 2.75) is 57.1 Å². The molecule has 1 aliphatic heterocycles. The summed E-state index contributed by atoms with van der Waals surface area (Å²) >= 11 is 0. The zero-order valence-corrected chi connectivity index (χ0v) is 19.7. The molecule has 9 heteroatoms. The molecule has 1 aromatic carbocycles. The number of benzene rings is 1. The van der Waals surface area contributed by atoms with E-state index in [9.17, 15) is 23.1 Å². The van der Waals surface area contributed by atoms with Gasteiger partial charge in [-0.15, -0.1) is 0 Å². The Kier molecular flexibility index (Phi) is 7.00. The lowest BCUT2D eigenvalue weighted by molar-refractivity contribution is -0.120. The van der Waals surface area contributed by atoms with Crippen molar-refractivity contribution < 1.29 is 27.9 Å². The third-order valence-electron chi connectivity index (χ3n) is 5.79. The lowest BCUT2D eigenvalue weighted by Gasteiger charge is -2.20. The molecule has 1 saturated heterocycles. The van der Waals surface area contributed by atoms with E-state index in [1.165, 1.54) is 4.90 Å². The molecule has 176 valence electrons. The maximum atomic E-state index is 12.8. The third-order valence-corrected chi connectivity index (χ3v) is 7.64. The summed E-state index contributed by atoms with van der Waals surface area (Å²) in [6.45, 7) is 5.40. The SMILES string of the molecule is C[C@H]1C(=O)NC(=O)N1C/C=C/CCS(=O)(=O)CC1(c2cccc(OCC(C)(C)O)c2)CC1. The number of aliphatic hydroxyl groups is 1. The van der Waals surface area contributed by atoms with Crippen LogP contribution in [0.3, 0.4) is 0 Å². The first-order chi connectivity index (χ1) is 14.9. The van der Waals surface area contributed by atoms with Gasteiger partial charge in [0, 0.05) is 12.0 Å². The number of amides is 3. The second-order valence-electron chi connectivity index (χ2n) is 9.38. The molecule has 0 radical (unpaired) electrons. The summed E-state index contributed by atoms with van der Waals surface area (Å²) in [5.41, 5.74) is -0.375. The van der Waals surface area contributed by atoms with Gasteiger partial charge in [0.15, 0.2) is 9.84 Å². The van der Waals surface area contributed by atoms with E-state index in [-0.39, 0.29) is 36.0 Å². The Morgan fingerprint density at radius 3 is 2.59 bits per heavy atom. The molecule has 2 fully saturated rings. The Labute approximate surface area is 189 Å². The third kappa shape index (κ3) is 6.32. The molecule has 0 spiro atoms. The quantitative estimate of drug-likeness (QED) is 0.383. The molecule has 8 nitrogen and oxygen atoms in total. The molecule has 0 bridgehead atoms. The van der Waals surface area contributed by atoms with Crippen LogP contribution in [0.15, 0.2) is 36.4 Å². The summed E-state index contributed by atoms with van der Waals surface area (Å²) in [5.74, 6) is 0.411. The molecule has 32 heavy (non-hydrogen) atoms. The summed E-state index contributed by atoms with van der Waals surface area (Å²) in [5, 5.41) is 12.1. The normalized spacial score (nSPS) is 20.6. The summed E-state index contributed by atoms with van der Waals surface area (Å²) in [6, 6.07) is 6.52. The van der Waals surface area contributed by atoms with Crippen LogP contribution in [0.4, 0.5) is 4.79 Å². The monoisotopic (exact) mass is 464 g/mol. The van der Waals surface area contributed by atoms with E-state index in [0.29, 0.717) is 12.2 Å². The van der Waals surface area contributed by atoms with Crippen molar-refractivity contribution in [1.82, 2.24) is 10.2 Å². The predicted molar refractivity (Wildman–Crippen MR) is 121 cm³/mol. The molecule has 2 N–H and O–H groups in total. The standard InChI is InChI=1S/C23H32N2O6S/c1-17-20(26)24-21(27)25(17)12-5-4-6-13-32(29,30)16-23(10-11-23)18-8-7-9-19(14-18)31-15-22(2,3)28/h4-5,7-9,14,17,28H,6,10-13,15-16H2,1-3H3,(H,24,26,27)/b5-4+/t17-/m0/s1. The summed E-state index contributed by atoms with van der Waals surface area (Å²) in [6.07, 6.45) is 5.44. The van der Waals surface area contributed by atoms with Gasteiger partial charge in [-0.1, -0.05) is 24.3 Å². The second-order valence-corrected chi connectivity index (χ2v) is 11.6. The summed E-state index contributed by atoms with van der Waals surface area (Å²) in [4.78, 5) is 24.6. The number of sulfone groups is 1. The smallest absolute Gasteiger partial charge is 0.325 e. The second kappa shape index (κ2) is 9.23. The first-order valence-corrected chi connectivity index (χ1v) is 12.7. The highest BCUT2D eigenvalue weighted by Gasteiger charge is 2.47. The molecular formula is C23H32N2O6S. The number of carbonyl (C=O) groups excluding carboxylic acids is 2. The fourth-order valence-electron chi connectivity index (χ4n) is 3.73. The van der Waals surface area contributed by atoms with E-state index in [0.717, 1.165) is 18.4 Å². The van der Waals surface area contributed by atoms with Gasteiger partial charge >= 0.3 is 6.03 Å². The number of ether oxygens (including phenoxy) is 1. The molecule has 3 amide bonds. The Hall–Kier alpha value is -2.39. The lowest BCUT2D eigenvalue weighted by Crippen LogP contribution is -2.32. The highest BCUT2D eigenvalue weighted by atomic mass is 32.2. The van der Waals surface area contributed by atoms with Crippen molar-refractivity contribution >= 4 is 21.8 Å². The van der Waals surface area contributed by atoms with Gasteiger partial charge in [0.25, 0.3) is 5.91 Å². The van der Waals surface area contributed by atoms with Gasteiger partial charge in [-0.3, -0.25) is 10.1 Å². The number of urea groups is 1. The van der Waals surface area contributed by atoms with E-state index < -0.39 is 27.5 Å². The molecule has 3 rings (SSSR count). The first-order valence-electron chi connectivity index (χ1n) is 10.8. The Bertz CT molecular complexity index is 992. The predicted octanol–water partition coefficient (Wildman–Crippen LogP) is 2.17. The minimum atomic E-state index is -3.28. The van der Waals surface area contributed by atoms with Gasteiger partial charge in [0.2, 0.25) is 0 Å². The van der Waals surface area contributed by atoms with Crippen LogP contribution >= 0.6 is 0 Å². The molecule has 1 aliphatic carbocycles. The van der Waals surface area contributed by atoms with Crippen molar-refractivity contribution in [1.29, 1.82) is 0 Å². The van der Waals surface area contributed by atoms with E-state index in [1.54, 1.807) is 39.0 Å². The van der Waals surface area contributed by atoms with Crippen molar-refractivity contribution in [2.75, 3.05) is 24.7 Å². The molecule has 0 aromatic heterocycles. The van der Waals surface area contributed by atoms with Crippen molar-refractivity contribution in [3.05, 3.63) is 42.0 Å². The fraction of sp³-hybridized carbons (Fsp3) is 0.565. The van der Waals surface area contributed by atoms with Crippen LogP contribution in [0.1, 0.15) is 45.6 Å². The van der Waals surface area contributed by atoms with Crippen LogP contribution < -0.4 is 10.1 Å². The summed E-state index contributed by atoms with van der Waals surface area (Å²) in [7, 11) is -3.28. The molecular weight excluding hydrogens is 432 g/mol. The largest absolute Gasteiger partial charge is 0.491 e. The van der Waals surface area contributed by atoms with Crippen molar-refractivity contribution in [3.8, 4) is 5.75 Å². The van der Waals surface area contributed by atoms with Gasteiger partial charge in [0.1, 0.15) is 18.4 Å². The minimum Gasteiger partial charge on any atom is -0.491 e. The fourth-order valence-corrected chi connectivity index (χ4v) is 5.67. The van der Waals surface area contributed by atoms with E-state index >= 15 is 0 Å². The number of allylic oxidation sites excluding steroid dienone is 1. The Morgan fingerprint density at radius 2 is 2.00 bits per heavy atom. The van der Waals surface area contributed by atoms with E-state index in [1.807, 2.05) is 18.2 Å². The van der Waals surface area contributed by atoms with Gasteiger partial charge in [-0.05, 0) is 57.7 Å². The van der Waals surface area contributed by atoms with Crippen molar-refractivity contribution in [2.24, 2.45) is 0 Å². The maximum absolute atomic E-state index is 12.8. The Balaban J connectivity index is 1.53. The van der Waals surface area contributed by atoms with Crippen LogP contribution in [-0.2, 0) is 20.0 Å². The zero-order valence-electron chi connectivity index (χ0n) is 18.8. The van der Waals surface area contributed by atoms with E-state index in [2.05, 4.69) is 5.32 Å². The molecule has 1 heterocycles. The maximum Gasteiger partial charge on any atom is 0.325 e. The average Bonchev–Trinajstić information content (AvgIpc) is 3.43. The van der Waals surface area contributed by atoms with Crippen LogP contribution in [0.5, 0.6) is 5.75 Å². The van der Waals surface area contributed by atoms with Gasteiger partial charge in [0.05, 0.1) is 17.1 Å². The number of nitrogens with zero attached hydrogens (tertiary/aromatic N) is 1. The number of carbonyl (C=O) groups is 2. The minimum absolute atomic E-state index is 0.0286. The molecule has 1 saturated carbocycles. The van der Waals surface area contributed by atoms with Crippen LogP contribution in [0, 0.1) is 0 Å². The topological polar surface area (TPSA) is 113 Å². The van der Waals surface area contributed by atoms with Crippen LogP contribution in [-0.4, -0.2) is 66.7 Å². The van der Waals surface area contributed by atoms with Gasteiger partial charge in [-0.2, -0.15) is 0 Å². The van der Waals surface area contributed by atoms with E-state index in [4.69, 9.17) is 4.74 Å². The molecule has 1 atom stereocenters. The average molecular weight is 465 g/mol. The number of hydrogen-bond acceptors (Lipinski definition) is 6. The number of rotatable bonds is 11.